The van der Waals surface area contributed by atoms with Gasteiger partial charge in [-0.05, 0) is 0 Å². The second-order valence-corrected chi connectivity index (χ2v) is 3.62. The van der Waals surface area contributed by atoms with E-state index in [0.717, 1.165) is 4.90 Å². The molecule has 2 rings (SSSR count). The zero-order valence-electron chi connectivity index (χ0n) is 6.27. The van der Waals surface area contributed by atoms with E-state index in [1.54, 1.807) is 0 Å². The van der Waals surface area contributed by atoms with E-state index < -0.39 is 12.2 Å². The fourth-order valence-electron chi connectivity index (χ4n) is 2.27. The van der Waals surface area contributed by atoms with Crippen LogP contribution in [0.4, 0.5) is 0 Å². The van der Waals surface area contributed by atoms with Crippen LogP contribution >= 0.6 is 0 Å². The van der Waals surface area contributed by atoms with Crippen LogP contribution in [0.25, 0.3) is 0 Å². The van der Waals surface area contributed by atoms with Gasteiger partial charge in [0.05, 0.1) is 0 Å². The van der Waals surface area contributed by atoms with E-state index in [1.165, 1.54) is 0 Å². The number of hydrogen-bond donors (Lipinski definition) is 4. The average molecular weight is 160 g/mol. The maximum absolute atomic E-state index is 9.40. The molecule has 4 nitrogen and oxygen atoms in total. The predicted octanol–water partition coefficient (Wildman–Crippen LogP) is -3.26. The van der Waals surface area contributed by atoms with E-state index in [2.05, 4.69) is 0 Å². The first-order valence-corrected chi connectivity index (χ1v) is 4.07. The number of quaternary nitrogens is 1. The molecule has 4 N–H and O–H groups in total. The Bertz CT molecular complexity index is 164. The fraction of sp³-hybridized carbons (Fsp3) is 1.00. The molecule has 2 heterocycles. The molecule has 1 unspecified atom stereocenters. The summed E-state index contributed by atoms with van der Waals surface area (Å²) in [4.78, 5) is 1.15. The Balaban J connectivity index is 2.07. The van der Waals surface area contributed by atoms with Crippen LogP contribution in [0.5, 0.6) is 0 Å². The first kappa shape index (κ1) is 7.49. The van der Waals surface area contributed by atoms with Gasteiger partial charge in [0.2, 0.25) is 0 Å². The highest BCUT2D eigenvalue weighted by Crippen LogP contribution is 2.13. The van der Waals surface area contributed by atoms with E-state index in [1.807, 2.05) is 0 Å². The van der Waals surface area contributed by atoms with Gasteiger partial charge in [0.15, 0.2) is 0 Å². The molecule has 2 aliphatic heterocycles. The van der Waals surface area contributed by atoms with Gasteiger partial charge in [0.1, 0.15) is 37.4 Å². The first-order valence-electron chi connectivity index (χ1n) is 4.07. The number of nitrogens with one attached hydrogen (secondary N) is 1. The van der Waals surface area contributed by atoms with Gasteiger partial charge in [-0.15, -0.1) is 0 Å². The maximum Gasteiger partial charge on any atom is 0.137 e. The normalized spacial score (nSPS) is 56.5. The Morgan fingerprint density at radius 1 is 1.09 bits per heavy atom. The molecule has 0 aromatic heterocycles. The standard InChI is InChI=1S/C7H13NO3/c9-4-1-5-7(11)6(10)3-8(5)2-4/h4-7,9-11H,1-3H2/p+1/t4-,5-,6-,7-/m0/s1. The van der Waals surface area contributed by atoms with Gasteiger partial charge in [-0.25, -0.2) is 0 Å². The summed E-state index contributed by atoms with van der Waals surface area (Å²) >= 11 is 0. The van der Waals surface area contributed by atoms with Gasteiger partial charge < -0.3 is 20.2 Å². The monoisotopic (exact) mass is 160 g/mol. The van der Waals surface area contributed by atoms with Crippen molar-refractivity contribution < 1.29 is 20.2 Å². The van der Waals surface area contributed by atoms with Crippen molar-refractivity contribution in [2.75, 3.05) is 13.1 Å². The predicted molar refractivity (Wildman–Crippen MR) is 37.1 cm³/mol. The zero-order valence-corrected chi connectivity index (χ0v) is 6.27. The van der Waals surface area contributed by atoms with Crippen molar-refractivity contribution in [3.63, 3.8) is 0 Å². The van der Waals surface area contributed by atoms with Crippen LogP contribution in [0.3, 0.4) is 0 Å². The van der Waals surface area contributed by atoms with Gasteiger partial charge in [0, 0.05) is 6.42 Å². The lowest BCUT2D eigenvalue weighted by molar-refractivity contribution is -0.902. The van der Waals surface area contributed by atoms with Gasteiger partial charge in [-0.2, -0.15) is 0 Å². The van der Waals surface area contributed by atoms with Gasteiger partial charge in [0.25, 0.3) is 0 Å². The fourth-order valence-corrected chi connectivity index (χ4v) is 2.27. The van der Waals surface area contributed by atoms with Crippen molar-refractivity contribution >= 4 is 0 Å². The molecule has 0 aromatic carbocycles. The quantitative estimate of drug-likeness (QED) is 0.301. The van der Waals surface area contributed by atoms with Crippen LogP contribution in [-0.2, 0) is 0 Å². The summed E-state index contributed by atoms with van der Waals surface area (Å²) in [5, 5.41) is 27.9. The lowest BCUT2D eigenvalue weighted by atomic mass is 10.1. The van der Waals surface area contributed by atoms with E-state index in [9.17, 15) is 15.3 Å². The average Bonchev–Trinajstić information content (AvgIpc) is 2.37. The lowest BCUT2D eigenvalue weighted by Gasteiger charge is -2.11. The highest BCUT2D eigenvalue weighted by atomic mass is 16.3. The van der Waals surface area contributed by atoms with Crippen LogP contribution < -0.4 is 4.90 Å². The molecule has 0 bridgehead atoms. The van der Waals surface area contributed by atoms with Gasteiger partial charge in [-0.3, -0.25) is 0 Å². The summed E-state index contributed by atoms with van der Waals surface area (Å²) in [7, 11) is 0. The molecule has 5 atom stereocenters. The number of aliphatic hydroxyl groups excluding tert-OH is 3. The Labute approximate surface area is 65.1 Å². The zero-order chi connectivity index (χ0) is 8.01. The molecule has 0 radical (unpaired) electrons. The van der Waals surface area contributed by atoms with Crippen LogP contribution in [0.1, 0.15) is 6.42 Å². The minimum absolute atomic E-state index is 0.0694. The molecule has 2 aliphatic rings. The van der Waals surface area contributed by atoms with E-state index >= 15 is 0 Å². The Kier molecular flexibility index (Phi) is 1.64. The summed E-state index contributed by atoms with van der Waals surface area (Å²) in [6.45, 7) is 1.27. The molecular weight excluding hydrogens is 146 g/mol. The van der Waals surface area contributed by atoms with Crippen LogP contribution in [0.2, 0.25) is 0 Å². The molecule has 64 valence electrons. The van der Waals surface area contributed by atoms with Crippen LogP contribution in [0, 0.1) is 0 Å². The highest BCUT2D eigenvalue weighted by Gasteiger charge is 2.49. The van der Waals surface area contributed by atoms with Crippen molar-refractivity contribution in [3.05, 3.63) is 0 Å². The van der Waals surface area contributed by atoms with Gasteiger partial charge >= 0.3 is 0 Å². The molecule has 0 aliphatic carbocycles. The topological polar surface area (TPSA) is 65.1 Å². The van der Waals surface area contributed by atoms with Crippen molar-refractivity contribution in [1.29, 1.82) is 0 Å². The summed E-state index contributed by atoms with van der Waals surface area (Å²) < 4.78 is 0. The number of aliphatic hydroxyl groups is 3. The molecular formula is C7H14NO3+. The van der Waals surface area contributed by atoms with Crippen molar-refractivity contribution in [2.45, 2.75) is 30.8 Å². The molecule has 11 heavy (non-hydrogen) atoms. The summed E-state index contributed by atoms with van der Waals surface area (Å²) in [6, 6.07) is 0.0694. The Morgan fingerprint density at radius 3 is 2.45 bits per heavy atom. The van der Waals surface area contributed by atoms with E-state index in [0.29, 0.717) is 19.5 Å². The minimum Gasteiger partial charge on any atom is -0.387 e. The minimum atomic E-state index is -0.623. The number of fused-ring (bicyclic) bond motifs is 1. The molecule has 0 spiro atoms. The van der Waals surface area contributed by atoms with Crippen LogP contribution in [0.15, 0.2) is 0 Å². The smallest absolute Gasteiger partial charge is 0.137 e. The first-order chi connectivity index (χ1) is 5.18. The van der Waals surface area contributed by atoms with Crippen molar-refractivity contribution in [1.82, 2.24) is 0 Å². The lowest BCUT2D eigenvalue weighted by Crippen LogP contribution is -3.12. The largest absolute Gasteiger partial charge is 0.387 e. The second-order valence-electron chi connectivity index (χ2n) is 3.62. The molecule has 2 saturated heterocycles. The number of rotatable bonds is 0. The van der Waals surface area contributed by atoms with Crippen LogP contribution in [-0.4, -0.2) is 52.8 Å². The van der Waals surface area contributed by atoms with Gasteiger partial charge in [-0.1, -0.05) is 0 Å². The third kappa shape index (κ3) is 1.06. The highest BCUT2D eigenvalue weighted by molar-refractivity contribution is 4.86. The summed E-state index contributed by atoms with van der Waals surface area (Å²) in [5.74, 6) is 0. The van der Waals surface area contributed by atoms with Crippen molar-refractivity contribution in [2.24, 2.45) is 0 Å². The SMILES string of the molecule is O[C@H]1C[C@H]2[C@H](O)[C@@H](O)C[NH+]2C1. The Morgan fingerprint density at radius 2 is 1.82 bits per heavy atom. The number of hydrogen-bond acceptors (Lipinski definition) is 3. The molecule has 0 saturated carbocycles. The molecule has 2 fully saturated rings. The summed E-state index contributed by atoms with van der Waals surface area (Å²) in [6.07, 6.45) is -0.852. The Hall–Kier alpha value is -0.160. The third-order valence-electron chi connectivity index (χ3n) is 2.83. The summed E-state index contributed by atoms with van der Waals surface area (Å²) in [5.41, 5.74) is 0. The third-order valence-corrected chi connectivity index (χ3v) is 2.83. The molecule has 0 amide bonds. The van der Waals surface area contributed by atoms with E-state index in [4.69, 9.17) is 0 Å². The second kappa shape index (κ2) is 2.42. The van der Waals surface area contributed by atoms with E-state index in [-0.39, 0.29) is 12.1 Å². The molecule has 0 aromatic rings. The maximum atomic E-state index is 9.40. The van der Waals surface area contributed by atoms with Crippen molar-refractivity contribution in [3.8, 4) is 0 Å². The molecule has 4 heteroatoms.